The van der Waals surface area contributed by atoms with Gasteiger partial charge in [0.1, 0.15) is 5.82 Å². The second-order valence-corrected chi connectivity index (χ2v) is 5.37. The van der Waals surface area contributed by atoms with E-state index in [0.717, 1.165) is 18.2 Å². The fourth-order valence-electron chi connectivity index (χ4n) is 2.91. The number of nitrogens with one attached hydrogen (secondary N) is 1. The third-order valence-electron chi connectivity index (χ3n) is 3.92. The van der Waals surface area contributed by atoms with Crippen LogP contribution in [0, 0.1) is 5.82 Å². The summed E-state index contributed by atoms with van der Waals surface area (Å²) >= 11 is 0. The summed E-state index contributed by atoms with van der Waals surface area (Å²) in [5, 5.41) is 12.1. The summed E-state index contributed by atoms with van der Waals surface area (Å²) in [5.41, 5.74) is -1.22. The Bertz CT molecular complexity index is 493. The number of rotatable bonds is 5. The Morgan fingerprint density at radius 3 is 2.43 bits per heavy atom. The van der Waals surface area contributed by atoms with Gasteiger partial charge < -0.3 is 10.4 Å². The highest BCUT2D eigenvalue weighted by Crippen LogP contribution is 2.39. The number of hydrogen-bond acceptors (Lipinski definition) is 3. The van der Waals surface area contributed by atoms with Crippen molar-refractivity contribution in [2.75, 3.05) is 32.8 Å². The predicted molar refractivity (Wildman–Crippen MR) is 82.2 cm³/mol. The summed E-state index contributed by atoms with van der Waals surface area (Å²) in [6, 6.07) is 2.40. The first-order chi connectivity index (χ1) is 10.4. The van der Waals surface area contributed by atoms with Crippen LogP contribution in [0.2, 0.25) is 0 Å². The van der Waals surface area contributed by atoms with Crippen LogP contribution in [-0.2, 0) is 6.18 Å². The highest BCUT2D eigenvalue weighted by atomic mass is 35.5. The van der Waals surface area contributed by atoms with Gasteiger partial charge in [0.25, 0.3) is 0 Å². The van der Waals surface area contributed by atoms with E-state index in [1.807, 2.05) is 4.90 Å². The third kappa shape index (κ3) is 5.04. The van der Waals surface area contributed by atoms with Gasteiger partial charge in [-0.2, -0.15) is 13.2 Å². The van der Waals surface area contributed by atoms with E-state index in [2.05, 4.69) is 5.32 Å². The fraction of sp³-hybridized carbons (Fsp3) is 0.600. The molecule has 0 aromatic heterocycles. The molecule has 0 unspecified atom stereocenters. The number of aliphatic hydroxyl groups is 1. The van der Waals surface area contributed by atoms with Crippen molar-refractivity contribution in [2.24, 2.45) is 0 Å². The molecule has 1 aromatic rings. The summed E-state index contributed by atoms with van der Waals surface area (Å²) < 4.78 is 53.9. The molecule has 1 fully saturated rings. The van der Waals surface area contributed by atoms with Crippen molar-refractivity contribution in [1.82, 2.24) is 10.2 Å². The lowest BCUT2D eigenvalue weighted by molar-refractivity contribution is -0.139. The number of aliphatic hydroxyl groups excluding tert-OH is 1. The molecule has 2 N–H and O–H groups in total. The summed E-state index contributed by atoms with van der Waals surface area (Å²) in [4.78, 5) is 1.86. The van der Waals surface area contributed by atoms with Gasteiger partial charge in [0.15, 0.2) is 0 Å². The molecule has 1 aliphatic rings. The molecule has 0 bridgehead atoms. The second kappa shape index (κ2) is 8.82. The predicted octanol–water partition coefficient (Wildman–Crippen LogP) is 2.99. The van der Waals surface area contributed by atoms with Crippen LogP contribution >= 0.6 is 12.4 Å². The summed E-state index contributed by atoms with van der Waals surface area (Å²) in [7, 11) is 0. The molecule has 1 saturated heterocycles. The molecule has 1 aliphatic heterocycles. The van der Waals surface area contributed by atoms with Gasteiger partial charge in [0.05, 0.1) is 5.56 Å². The lowest BCUT2D eigenvalue weighted by atomic mass is 9.94. The van der Waals surface area contributed by atoms with Crippen LogP contribution in [-0.4, -0.2) is 42.8 Å². The van der Waals surface area contributed by atoms with E-state index >= 15 is 0 Å². The molecule has 0 radical (unpaired) electrons. The molecule has 2 rings (SSSR count). The van der Waals surface area contributed by atoms with Gasteiger partial charge in [-0.25, -0.2) is 4.39 Å². The van der Waals surface area contributed by atoms with Crippen molar-refractivity contribution < 1.29 is 22.7 Å². The van der Waals surface area contributed by atoms with E-state index < -0.39 is 23.6 Å². The van der Waals surface area contributed by atoms with E-state index in [0.29, 0.717) is 39.0 Å². The maximum atomic E-state index is 14.2. The molecule has 23 heavy (non-hydrogen) atoms. The highest BCUT2D eigenvalue weighted by molar-refractivity contribution is 5.85. The van der Waals surface area contributed by atoms with Crippen LogP contribution in [0.4, 0.5) is 17.6 Å². The Hall–Kier alpha value is -0.890. The Kier molecular flexibility index (Phi) is 7.73. The van der Waals surface area contributed by atoms with Gasteiger partial charge in [0, 0.05) is 44.4 Å². The monoisotopic (exact) mass is 356 g/mol. The lowest BCUT2D eigenvalue weighted by Crippen LogP contribution is -2.45. The Morgan fingerprint density at radius 2 is 1.87 bits per heavy atom. The molecule has 3 nitrogen and oxygen atoms in total. The Labute approximate surface area is 139 Å². The molecule has 0 amide bonds. The minimum atomic E-state index is -4.59. The quantitative estimate of drug-likeness (QED) is 0.796. The SMILES string of the molecule is Cl.OCCC[C@H](c1c(F)cccc1C(F)(F)F)N1CCNCC1. The van der Waals surface area contributed by atoms with Crippen molar-refractivity contribution in [2.45, 2.75) is 25.1 Å². The zero-order chi connectivity index (χ0) is 16.2. The average molecular weight is 357 g/mol. The average Bonchev–Trinajstić information content (AvgIpc) is 2.49. The van der Waals surface area contributed by atoms with Crippen molar-refractivity contribution in [3.8, 4) is 0 Å². The minimum Gasteiger partial charge on any atom is -0.396 e. The normalized spacial score (nSPS) is 17.6. The first kappa shape index (κ1) is 20.2. The van der Waals surface area contributed by atoms with E-state index in [1.165, 1.54) is 0 Å². The Morgan fingerprint density at radius 1 is 1.22 bits per heavy atom. The maximum absolute atomic E-state index is 14.2. The van der Waals surface area contributed by atoms with Gasteiger partial charge in [-0.05, 0) is 25.0 Å². The second-order valence-electron chi connectivity index (χ2n) is 5.37. The molecule has 132 valence electrons. The van der Waals surface area contributed by atoms with Gasteiger partial charge >= 0.3 is 6.18 Å². The minimum absolute atomic E-state index is 0. The summed E-state index contributed by atoms with van der Waals surface area (Å²) in [6.45, 7) is 2.30. The van der Waals surface area contributed by atoms with Crippen LogP contribution in [0.15, 0.2) is 18.2 Å². The van der Waals surface area contributed by atoms with Gasteiger partial charge in [0.2, 0.25) is 0 Å². The molecular formula is C15H21ClF4N2O. The maximum Gasteiger partial charge on any atom is 0.416 e. The molecule has 1 heterocycles. The number of alkyl halides is 3. The Balaban J connectivity index is 0.00000264. The molecule has 0 spiro atoms. The smallest absolute Gasteiger partial charge is 0.396 e. The number of halogens is 5. The van der Waals surface area contributed by atoms with Crippen LogP contribution in [0.5, 0.6) is 0 Å². The van der Waals surface area contributed by atoms with Gasteiger partial charge in [-0.1, -0.05) is 6.07 Å². The molecular weight excluding hydrogens is 336 g/mol. The summed E-state index contributed by atoms with van der Waals surface area (Å²) in [5.74, 6) is -0.837. The van der Waals surface area contributed by atoms with E-state index in [4.69, 9.17) is 5.11 Å². The molecule has 0 aliphatic carbocycles. The van der Waals surface area contributed by atoms with Crippen molar-refractivity contribution in [3.63, 3.8) is 0 Å². The van der Waals surface area contributed by atoms with Crippen LogP contribution in [0.25, 0.3) is 0 Å². The lowest BCUT2D eigenvalue weighted by Gasteiger charge is -2.36. The zero-order valence-electron chi connectivity index (χ0n) is 12.6. The van der Waals surface area contributed by atoms with Crippen molar-refractivity contribution in [1.29, 1.82) is 0 Å². The van der Waals surface area contributed by atoms with Crippen LogP contribution < -0.4 is 5.32 Å². The number of nitrogens with zero attached hydrogens (tertiary/aromatic N) is 1. The van der Waals surface area contributed by atoms with E-state index in [9.17, 15) is 17.6 Å². The summed E-state index contributed by atoms with van der Waals surface area (Å²) in [6.07, 6.45) is -3.97. The largest absolute Gasteiger partial charge is 0.416 e. The molecule has 1 aromatic carbocycles. The molecule has 0 saturated carbocycles. The number of hydrogen-bond donors (Lipinski definition) is 2. The van der Waals surface area contributed by atoms with Crippen molar-refractivity contribution in [3.05, 3.63) is 35.1 Å². The highest BCUT2D eigenvalue weighted by Gasteiger charge is 2.38. The zero-order valence-corrected chi connectivity index (χ0v) is 13.4. The third-order valence-corrected chi connectivity index (χ3v) is 3.92. The van der Waals surface area contributed by atoms with Gasteiger partial charge in [-0.15, -0.1) is 12.4 Å². The van der Waals surface area contributed by atoms with Gasteiger partial charge in [-0.3, -0.25) is 4.90 Å². The molecule has 1 atom stereocenters. The first-order valence-electron chi connectivity index (χ1n) is 7.36. The fourth-order valence-corrected chi connectivity index (χ4v) is 2.91. The number of benzene rings is 1. The first-order valence-corrected chi connectivity index (χ1v) is 7.36. The number of piperazine rings is 1. The van der Waals surface area contributed by atoms with E-state index in [-0.39, 0.29) is 24.6 Å². The van der Waals surface area contributed by atoms with Crippen LogP contribution in [0.3, 0.4) is 0 Å². The standard InChI is InChI=1S/C15H20F4N2O.ClH/c16-12-4-1-3-11(15(17,18)19)14(12)13(5-2-10-22)21-8-6-20-7-9-21;/h1,3-4,13,20,22H,2,5-10H2;1H/t13-;/m1./s1. The molecule has 8 heteroatoms. The van der Waals surface area contributed by atoms with Crippen LogP contribution in [0.1, 0.15) is 30.0 Å². The van der Waals surface area contributed by atoms with Crippen molar-refractivity contribution >= 4 is 12.4 Å². The topological polar surface area (TPSA) is 35.5 Å². The van der Waals surface area contributed by atoms with E-state index in [1.54, 1.807) is 0 Å².